The maximum atomic E-state index is 12.4. The molecule has 8 heteroatoms. The molecule has 0 radical (unpaired) electrons. The summed E-state index contributed by atoms with van der Waals surface area (Å²) in [6, 6.07) is 8.66. The fourth-order valence-electron chi connectivity index (χ4n) is 2.03. The number of sulfonamides is 1. The van der Waals surface area contributed by atoms with Crippen LogP contribution >= 0.6 is 22.9 Å². The lowest BCUT2D eigenvalue weighted by molar-refractivity contribution is 0.354. The third-order valence-electron chi connectivity index (χ3n) is 3.38. The first-order valence-corrected chi connectivity index (χ1v) is 9.44. The van der Waals surface area contributed by atoms with E-state index in [2.05, 4.69) is 0 Å². The fraction of sp³-hybridized carbons (Fsp3) is 0.333. The Morgan fingerprint density at radius 1 is 1.13 bits per heavy atom. The number of ether oxygens (including phenoxy) is 2. The van der Waals surface area contributed by atoms with Gasteiger partial charge in [0.1, 0.15) is 4.21 Å². The molecule has 1 aromatic carbocycles. The Morgan fingerprint density at radius 2 is 1.83 bits per heavy atom. The van der Waals surface area contributed by atoms with Crippen LogP contribution in [0.15, 0.2) is 34.5 Å². The summed E-state index contributed by atoms with van der Waals surface area (Å²) in [5, 5.41) is 0. The van der Waals surface area contributed by atoms with Crippen LogP contribution in [0.4, 0.5) is 0 Å². The van der Waals surface area contributed by atoms with Crippen molar-refractivity contribution in [2.24, 2.45) is 0 Å². The maximum Gasteiger partial charge on any atom is 0.252 e. The van der Waals surface area contributed by atoms with Crippen LogP contribution in [0.5, 0.6) is 11.5 Å². The zero-order valence-corrected chi connectivity index (χ0v) is 15.5. The normalized spacial score (nSPS) is 11.7. The third kappa shape index (κ3) is 4.17. The Morgan fingerprint density at radius 3 is 2.39 bits per heavy atom. The minimum atomic E-state index is -3.51. The Labute approximate surface area is 145 Å². The summed E-state index contributed by atoms with van der Waals surface area (Å²) in [5.41, 5.74) is 0.967. The molecule has 0 saturated heterocycles. The molecule has 0 aliphatic carbocycles. The summed E-state index contributed by atoms with van der Waals surface area (Å²) >= 11 is 6.87. The average Bonchev–Trinajstić information content (AvgIpc) is 2.99. The standard InChI is InChI=1S/C15H18ClNO4S2/c1-17(23(18,19)15-7-6-14(16)22-15)9-8-11-4-5-12(20-2)13(10-11)21-3/h4-7,10H,8-9H2,1-3H3. The quantitative estimate of drug-likeness (QED) is 0.745. The zero-order valence-electron chi connectivity index (χ0n) is 13.1. The van der Waals surface area contributed by atoms with E-state index in [1.165, 1.54) is 10.4 Å². The van der Waals surface area contributed by atoms with Crippen molar-refractivity contribution in [2.75, 3.05) is 27.8 Å². The van der Waals surface area contributed by atoms with Gasteiger partial charge in [-0.2, -0.15) is 4.31 Å². The van der Waals surface area contributed by atoms with Crippen molar-refractivity contribution in [3.8, 4) is 11.5 Å². The van der Waals surface area contributed by atoms with E-state index in [4.69, 9.17) is 21.1 Å². The fourth-order valence-corrected chi connectivity index (χ4v) is 4.90. The van der Waals surface area contributed by atoms with Gasteiger partial charge in [0.15, 0.2) is 11.5 Å². The minimum absolute atomic E-state index is 0.248. The first-order valence-electron chi connectivity index (χ1n) is 6.81. The second-order valence-corrected chi connectivity index (χ2v) is 8.81. The second kappa shape index (κ2) is 7.53. The summed E-state index contributed by atoms with van der Waals surface area (Å²) in [6.07, 6.45) is 0.565. The molecule has 1 aromatic heterocycles. The summed E-state index contributed by atoms with van der Waals surface area (Å²) in [6.45, 7) is 0.354. The molecule has 0 atom stereocenters. The van der Waals surface area contributed by atoms with E-state index in [0.717, 1.165) is 16.9 Å². The highest BCUT2D eigenvalue weighted by atomic mass is 35.5. The summed E-state index contributed by atoms with van der Waals surface area (Å²) < 4.78 is 37.3. The predicted octanol–water partition coefficient (Wildman–Crippen LogP) is 3.28. The van der Waals surface area contributed by atoms with Crippen molar-refractivity contribution < 1.29 is 17.9 Å². The van der Waals surface area contributed by atoms with Crippen molar-refractivity contribution >= 4 is 33.0 Å². The van der Waals surface area contributed by atoms with Crippen LogP contribution in [0.1, 0.15) is 5.56 Å². The van der Waals surface area contributed by atoms with Gasteiger partial charge in [-0.15, -0.1) is 11.3 Å². The lowest BCUT2D eigenvalue weighted by Gasteiger charge is -2.16. The van der Waals surface area contributed by atoms with E-state index < -0.39 is 10.0 Å². The van der Waals surface area contributed by atoms with Crippen molar-refractivity contribution in [2.45, 2.75) is 10.6 Å². The molecule has 126 valence electrons. The molecule has 0 spiro atoms. The van der Waals surface area contributed by atoms with Crippen LogP contribution in [-0.2, 0) is 16.4 Å². The van der Waals surface area contributed by atoms with Crippen molar-refractivity contribution in [1.82, 2.24) is 4.31 Å². The maximum absolute atomic E-state index is 12.4. The number of nitrogens with zero attached hydrogens (tertiary/aromatic N) is 1. The van der Waals surface area contributed by atoms with Crippen molar-refractivity contribution in [3.05, 3.63) is 40.2 Å². The average molecular weight is 376 g/mol. The molecular weight excluding hydrogens is 358 g/mol. The molecule has 0 unspecified atom stereocenters. The molecule has 1 heterocycles. The van der Waals surface area contributed by atoms with Crippen LogP contribution in [0, 0.1) is 0 Å². The van der Waals surface area contributed by atoms with E-state index >= 15 is 0 Å². The molecule has 2 aromatic rings. The van der Waals surface area contributed by atoms with Crippen molar-refractivity contribution in [1.29, 1.82) is 0 Å². The Kier molecular flexibility index (Phi) is 5.91. The first kappa shape index (κ1) is 18.1. The van der Waals surface area contributed by atoms with Gasteiger partial charge in [0.25, 0.3) is 10.0 Å². The molecule has 0 saturated carbocycles. The Hall–Kier alpha value is -1.28. The van der Waals surface area contributed by atoms with Crippen LogP contribution < -0.4 is 9.47 Å². The molecule has 2 rings (SSSR count). The SMILES string of the molecule is COc1ccc(CCN(C)S(=O)(=O)c2ccc(Cl)s2)cc1OC. The highest BCUT2D eigenvalue weighted by Crippen LogP contribution is 2.29. The monoisotopic (exact) mass is 375 g/mol. The number of rotatable bonds is 7. The topological polar surface area (TPSA) is 55.8 Å². The smallest absolute Gasteiger partial charge is 0.252 e. The minimum Gasteiger partial charge on any atom is -0.493 e. The highest BCUT2D eigenvalue weighted by molar-refractivity contribution is 7.91. The number of hydrogen-bond acceptors (Lipinski definition) is 5. The lowest BCUT2D eigenvalue weighted by atomic mass is 10.1. The molecule has 0 amide bonds. The zero-order chi connectivity index (χ0) is 17.0. The summed E-state index contributed by atoms with van der Waals surface area (Å²) in [7, 11) is 1.20. The largest absolute Gasteiger partial charge is 0.493 e. The van der Waals surface area contributed by atoms with Gasteiger partial charge in [0.2, 0.25) is 0 Å². The van der Waals surface area contributed by atoms with Crippen LogP contribution in [0.2, 0.25) is 4.34 Å². The van der Waals surface area contributed by atoms with E-state index in [0.29, 0.717) is 28.8 Å². The molecule has 0 aliphatic heterocycles. The van der Waals surface area contributed by atoms with Gasteiger partial charge in [0, 0.05) is 13.6 Å². The Bertz CT molecular complexity index is 774. The lowest BCUT2D eigenvalue weighted by Crippen LogP contribution is -2.28. The predicted molar refractivity (Wildman–Crippen MR) is 92.4 cm³/mol. The number of benzene rings is 1. The van der Waals surface area contributed by atoms with Crippen LogP contribution in [0.3, 0.4) is 0 Å². The van der Waals surface area contributed by atoms with Gasteiger partial charge in [0.05, 0.1) is 18.6 Å². The third-order valence-corrected chi connectivity index (χ3v) is 6.93. The molecular formula is C15H18ClNO4S2. The molecule has 0 N–H and O–H groups in total. The van der Waals surface area contributed by atoms with Crippen LogP contribution in [0.25, 0.3) is 0 Å². The highest BCUT2D eigenvalue weighted by Gasteiger charge is 2.22. The number of hydrogen-bond donors (Lipinski definition) is 0. The molecule has 23 heavy (non-hydrogen) atoms. The first-order chi connectivity index (χ1) is 10.9. The van der Waals surface area contributed by atoms with Crippen molar-refractivity contribution in [3.63, 3.8) is 0 Å². The molecule has 5 nitrogen and oxygen atoms in total. The van der Waals surface area contributed by atoms with Gasteiger partial charge >= 0.3 is 0 Å². The molecule has 0 bridgehead atoms. The summed E-state index contributed by atoms with van der Waals surface area (Å²) in [4.78, 5) is 0. The number of thiophene rings is 1. The Balaban J connectivity index is 2.08. The number of halogens is 1. The van der Waals surface area contributed by atoms with E-state index in [1.54, 1.807) is 27.3 Å². The van der Waals surface area contributed by atoms with Gasteiger partial charge in [-0.25, -0.2) is 8.42 Å². The molecule has 0 aliphatic rings. The number of likely N-dealkylation sites (N-methyl/N-ethyl adjacent to an activating group) is 1. The van der Waals surface area contributed by atoms with Gasteiger partial charge in [-0.3, -0.25) is 0 Å². The van der Waals surface area contributed by atoms with E-state index in [1.807, 2.05) is 18.2 Å². The van der Waals surface area contributed by atoms with Gasteiger partial charge < -0.3 is 9.47 Å². The van der Waals surface area contributed by atoms with Gasteiger partial charge in [-0.1, -0.05) is 17.7 Å². The van der Waals surface area contributed by atoms with Crippen LogP contribution in [-0.4, -0.2) is 40.5 Å². The second-order valence-electron chi connectivity index (χ2n) is 4.82. The van der Waals surface area contributed by atoms with Gasteiger partial charge in [-0.05, 0) is 36.2 Å². The number of methoxy groups -OCH3 is 2. The molecule has 0 fully saturated rings. The van der Waals surface area contributed by atoms with E-state index in [-0.39, 0.29) is 4.21 Å². The summed E-state index contributed by atoms with van der Waals surface area (Å²) in [5.74, 6) is 1.27. The van der Waals surface area contributed by atoms with E-state index in [9.17, 15) is 8.42 Å².